The first kappa shape index (κ1) is 18.5. The van der Waals surface area contributed by atoms with E-state index in [0.29, 0.717) is 17.3 Å². The van der Waals surface area contributed by atoms with E-state index >= 15 is 0 Å². The van der Waals surface area contributed by atoms with Crippen LogP contribution in [0.1, 0.15) is 28.8 Å². The highest BCUT2D eigenvalue weighted by atomic mass is 32.2. The maximum absolute atomic E-state index is 12.7. The summed E-state index contributed by atoms with van der Waals surface area (Å²) in [6, 6.07) is 9.00. The molecule has 1 saturated carbocycles. The molecule has 2 aromatic rings. The summed E-state index contributed by atoms with van der Waals surface area (Å²) >= 11 is 1.31. The Bertz CT molecular complexity index is 947. The lowest BCUT2D eigenvalue weighted by Gasteiger charge is -2.26. The number of carbonyl (C=O) groups is 1. The summed E-state index contributed by atoms with van der Waals surface area (Å²) in [5, 5.41) is 0. The molecule has 0 saturated heterocycles. The highest BCUT2D eigenvalue weighted by Gasteiger charge is 2.35. The Morgan fingerprint density at radius 2 is 2.04 bits per heavy atom. The molecule has 1 aromatic carbocycles. The van der Waals surface area contributed by atoms with Crippen molar-refractivity contribution in [2.45, 2.75) is 36.6 Å². The van der Waals surface area contributed by atoms with Gasteiger partial charge in [-0.25, -0.2) is 13.1 Å². The van der Waals surface area contributed by atoms with Crippen molar-refractivity contribution in [2.75, 3.05) is 13.7 Å². The molecule has 0 unspecified atom stereocenters. The number of fused-ring (bicyclic) bond motifs is 1. The summed E-state index contributed by atoms with van der Waals surface area (Å²) < 4.78 is 33.4. The second-order valence-corrected chi connectivity index (χ2v) is 10.1. The Labute approximate surface area is 163 Å². The number of benzene rings is 1. The first-order valence-electron chi connectivity index (χ1n) is 8.99. The number of carbonyl (C=O) groups excluding carboxylic acids is 1. The molecule has 4 rings (SSSR count). The number of methoxy groups -OCH3 is 1. The Morgan fingerprint density at radius 1 is 1.30 bits per heavy atom. The fourth-order valence-electron chi connectivity index (χ4n) is 3.21. The van der Waals surface area contributed by atoms with Crippen molar-refractivity contribution in [1.29, 1.82) is 0 Å². The van der Waals surface area contributed by atoms with Gasteiger partial charge in [0.15, 0.2) is 0 Å². The number of thiophene rings is 1. The molecular formula is C19H22N2O4S2. The molecule has 1 aliphatic heterocycles. The third-order valence-electron chi connectivity index (χ3n) is 4.97. The number of nitrogens with one attached hydrogen (secondary N) is 1. The maximum Gasteiger partial charge on any atom is 0.250 e. The molecule has 1 fully saturated rings. The van der Waals surface area contributed by atoms with Gasteiger partial charge in [0.05, 0.1) is 7.11 Å². The third-order valence-corrected chi connectivity index (χ3v) is 8.08. The van der Waals surface area contributed by atoms with Gasteiger partial charge in [-0.15, -0.1) is 11.3 Å². The largest absolute Gasteiger partial charge is 0.497 e. The van der Waals surface area contributed by atoms with Gasteiger partial charge in [-0.2, -0.15) is 0 Å². The van der Waals surface area contributed by atoms with Crippen molar-refractivity contribution in [1.82, 2.24) is 9.62 Å². The monoisotopic (exact) mass is 406 g/mol. The van der Waals surface area contributed by atoms with E-state index < -0.39 is 10.0 Å². The van der Waals surface area contributed by atoms with Crippen LogP contribution in [-0.2, 0) is 34.3 Å². The fourth-order valence-corrected chi connectivity index (χ4v) is 5.81. The van der Waals surface area contributed by atoms with Gasteiger partial charge in [-0.05, 0) is 48.6 Å². The highest BCUT2D eigenvalue weighted by molar-refractivity contribution is 7.91. The molecule has 6 nitrogen and oxygen atoms in total. The number of ether oxygens (including phenoxy) is 1. The van der Waals surface area contributed by atoms with Crippen LogP contribution in [0.2, 0.25) is 0 Å². The third kappa shape index (κ3) is 4.02. The predicted molar refractivity (Wildman–Crippen MR) is 103 cm³/mol. The van der Waals surface area contributed by atoms with Crippen molar-refractivity contribution < 1.29 is 17.9 Å². The van der Waals surface area contributed by atoms with Crippen LogP contribution in [0.3, 0.4) is 0 Å². The predicted octanol–water partition coefficient (Wildman–Crippen LogP) is 2.53. The molecule has 8 heteroatoms. The van der Waals surface area contributed by atoms with Crippen molar-refractivity contribution in [2.24, 2.45) is 5.92 Å². The van der Waals surface area contributed by atoms with Gasteiger partial charge < -0.3 is 9.64 Å². The molecule has 1 amide bonds. The number of nitrogens with zero attached hydrogens (tertiary/aromatic N) is 1. The van der Waals surface area contributed by atoms with Crippen LogP contribution in [0, 0.1) is 5.92 Å². The molecule has 2 aliphatic rings. The molecule has 0 bridgehead atoms. The lowest BCUT2D eigenvalue weighted by atomic mass is 10.1. The number of rotatable bonds is 6. The Kier molecular flexibility index (Phi) is 4.96. The molecule has 144 valence electrons. The van der Waals surface area contributed by atoms with Crippen molar-refractivity contribution >= 4 is 27.3 Å². The maximum atomic E-state index is 12.7. The van der Waals surface area contributed by atoms with Gasteiger partial charge in [0.2, 0.25) is 15.9 Å². The summed E-state index contributed by atoms with van der Waals surface area (Å²) in [5.41, 5.74) is 1.83. The van der Waals surface area contributed by atoms with E-state index in [0.717, 1.165) is 41.0 Å². The Balaban J connectivity index is 1.44. The lowest BCUT2D eigenvalue weighted by molar-refractivity contribution is -0.133. The van der Waals surface area contributed by atoms with Crippen LogP contribution < -0.4 is 9.46 Å². The fraction of sp³-hybridized carbons (Fsp3) is 0.421. The van der Waals surface area contributed by atoms with E-state index in [2.05, 4.69) is 4.72 Å². The molecule has 0 spiro atoms. The zero-order chi connectivity index (χ0) is 19.0. The first-order valence-corrected chi connectivity index (χ1v) is 11.3. The van der Waals surface area contributed by atoms with E-state index in [4.69, 9.17) is 4.74 Å². The van der Waals surface area contributed by atoms with E-state index in [1.807, 2.05) is 17.0 Å². The minimum absolute atomic E-state index is 0.194. The van der Waals surface area contributed by atoms with E-state index in [1.165, 1.54) is 11.3 Å². The highest BCUT2D eigenvalue weighted by Crippen LogP contribution is 2.35. The number of amides is 1. The number of sulfonamides is 1. The van der Waals surface area contributed by atoms with E-state index in [1.54, 1.807) is 25.3 Å². The summed E-state index contributed by atoms with van der Waals surface area (Å²) in [7, 11) is -1.98. The van der Waals surface area contributed by atoms with E-state index in [-0.39, 0.29) is 18.4 Å². The molecular weight excluding hydrogens is 384 g/mol. The lowest BCUT2D eigenvalue weighted by Crippen LogP contribution is -2.36. The zero-order valence-electron chi connectivity index (χ0n) is 15.1. The standard InChI is InChI=1S/C19H22N2O4S2/c1-25-16-6-2-13(3-7-16)11-20-27(23,24)18-10-15-12-21(9-8-17(15)26-18)19(22)14-4-5-14/h2-3,6-7,10,14,20H,4-5,8-9,11-12H2,1H3. The topological polar surface area (TPSA) is 75.7 Å². The summed E-state index contributed by atoms with van der Waals surface area (Å²) in [5.74, 6) is 1.14. The second-order valence-electron chi connectivity index (χ2n) is 6.97. The van der Waals surface area contributed by atoms with Crippen LogP contribution in [0.4, 0.5) is 0 Å². The van der Waals surface area contributed by atoms with Crippen molar-refractivity contribution in [3.63, 3.8) is 0 Å². The quantitative estimate of drug-likeness (QED) is 0.800. The minimum Gasteiger partial charge on any atom is -0.497 e. The van der Waals surface area contributed by atoms with Gasteiger partial charge in [0.25, 0.3) is 0 Å². The number of hydrogen-bond donors (Lipinski definition) is 1. The smallest absolute Gasteiger partial charge is 0.250 e. The van der Waals surface area contributed by atoms with Crippen LogP contribution in [-0.4, -0.2) is 32.9 Å². The molecule has 0 atom stereocenters. The second kappa shape index (κ2) is 7.26. The van der Waals surface area contributed by atoms with Gasteiger partial charge >= 0.3 is 0 Å². The average Bonchev–Trinajstić information content (AvgIpc) is 3.44. The van der Waals surface area contributed by atoms with Crippen LogP contribution in [0.25, 0.3) is 0 Å². The summed E-state index contributed by atoms with van der Waals surface area (Å²) in [4.78, 5) is 15.2. The summed E-state index contributed by atoms with van der Waals surface area (Å²) in [6.45, 7) is 1.43. The van der Waals surface area contributed by atoms with Crippen LogP contribution in [0.5, 0.6) is 5.75 Å². The SMILES string of the molecule is COc1ccc(CNS(=O)(=O)c2cc3c(s2)CCN(C(=O)C2CC2)C3)cc1. The van der Waals surface area contributed by atoms with Crippen LogP contribution >= 0.6 is 11.3 Å². The van der Waals surface area contributed by atoms with Gasteiger partial charge in [0, 0.05) is 30.4 Å². The molecule has 2 heterocycles. The molecule has 1 N–H and O–H groups in total. The normalized spacial score (nSPS) is 16.9. The molecule has 1 aromatic heterocycles. The molecule has 0 radical (unpaired) electrons. The Morgan fingerprint density at radius 3 is 2.70 bits per heavy atom. The number of hydrogen-bond acceptors (Lipinski definition) is 5. The summed E-state index contributed by atoms with van der Waals surface area (Å²) in [6.07, 6.45) is 2.70. The Hall–Kier alpha value is -1.90. The minimum atomic E-state index is -3.58. The van der Waals surface area contributed by atoms with Gasteiger partial charge in [-0.3, -0.25) is 4.79 Å². The first-order chi connectivity index (χ1) is 13.0. The van der Waals surface area contributed by atoms with Crippen molar-refractivity contribution in [3.05, 3.63) is 46.3 Å². The average molecular weight is 407 g/mol. The molecule has 1 aliphatic carbocycles. The van der Waals surface area contributed by atoms with Gasteiger partial charge in [0.1, 0.15) is 9.96 Å². The zero-order valence-corrected chi connectivity index (χ0v) is 16.7. The van der Waals surface area contributed by atoms with Gasteiger partial charge in [-0.1, -0.05) is 12.1 Å². The van der Waals surface area contributed by atoms with E-state index in [9.17, 15) is 13.2 Å². The van der Waals surface area contributed by atoms with Crippen molar-refractivity contribution in [3.8, 4) is 5.75 Å². The molecule has 27 heavy (non-hydrogen) atoms. The van der Waals surface area contributed by atoms with Crippen LogP contribution in [0.15, 0.2) is 34.5 Å².